The van der Waals surface area contributed by atoms with Gasteiger partial charge in [0.05, 0.1) is 0 Å². The maximum atomic E-state index is 2.65. The van der Waals surface area contributed by atoms with Gasteiger partial charge in [-0.15, -0.1) is 9.24 Å². The van der Waals surface area contributed by atoms with Gasteiger partial charge in [-0.05, 0) is 26.1 Å². The first-order valence-corrected chi connectivity index (χ1v) is 8.01. The maximum Gasteiger partial charge on any atom is -0.0302 e. The summed E-state index contributed by atoms with van der Waals surface area (Å²) in [4.78, 5) is 0. The standard InChI is InChI=1S/C7H9P.2C7H8/c1-6-2-4-7(8)5-3-6;2*1-7-5-3-2-4-6-7/h2-5H,8H2,1H3;2*2-6H,1H3. The maximum absolute atomic E-state index is 2.65. The van der Waals surface area contributed by atoms with Crippen LogP contribution in [0.2, 0.25) is 0 Å². The normalized spacial score (nSPS) is 8.91. The minimum Gasteiger partial charge on any atom is -0.106 e. The van der Waals surface area contributed by atoms with Gasteiger partial charge < -0.3 is 0 Å². The topological polar surface area (TPSA) is 0 Å². The van der Waals surface area contributed by atoms with E-state index in [4.69, 9.17) is 0 Å². The Morgan fingerprint density at radius 1 is 0.455 bits per heavy atom. The highest BCUT2D eigenvalue weighted by Gasteiger charge is 1.80. The van der Waals surface area contributed by atoms with Crippen molar-refractivity contribution in [2.75, 3.05) is 0 Å². The molecule has 3 rings (SSSR count). The second-order valence-corrected chi connectivity index (χ2v) is 5.89. The average Bonchev–Trinajstić information content (AvgIpc) is 2.53. The molecule has 1 heteroatoms. The molecule has 3 aromatic rings. The van der Waals surface area contributed by atoms with E-state index in [0.29, 0.717) is 0 Å². The predicted octanol–water partition coefficient (Wildman–Crippen LogP) is 5.49. The molecule has 0 spiro atoms. The Morgan fingerprint density at radius 2 is 0.773 bits per heavy atom. The summed E-state index contributed by atoms with van der Waals surface area (Å²) >= 11 is 0. The summed E-state index contributed by atoms with van der Waals surface area (Å²) in [5, 5.41) is 1.25. The molecule has 0 radical (unpaired) electrons. The second-order valence-electron chi connectivity index (χ2n) is 5.22. The van der Waals surface area contributed by atoms with E-state index in [1.807, 2.05) is 36.4 Å². The summed E-state index contributed by atoms with van der Waals surface area (Å²) in [6, 6.07) is 28.9. The van der Waals surface area contributed by atoms with E-state index in [-0.39, 0.29) is 0 Å². The Morgan fingerprint density at radius 3 is 1.00 bits per heavy atom. The first-order chi connectivity index (χ1) is 10.6. The van der Waals surface area contributed by atoms with Gasteiger partial charge in [0.15, 0.2) is 0 Å². The van der Waals surface area contributed by atoms with E-state index < -0.39 is 0 Å². The first-order valence-electron chi connectivity index (χ1n) is 7.43. The van der Waals surface area contributed by atoms with Crippen LogP contribution in [0.1, 0.15) is 16.7 Å². The van der Waals surface area contributed by atoms with E-state index in [9.17, 15) is 0 Å². The van der Waals surface area contributed by atoms with Crippen molar-refractivity contribution < 1.29 is 0 Å². The number of hydrogen-bond acceptors (Lipinski definition) is 0. The van der Waals surface area contributed by atoms with Gasteiger partial charge in [-0.3, -0.25) is 0 Å². The van der Waals surface area contributed by atoms with E-state index in [2.05, 4.69) is 78.5 Å². The van der Waals surface area contributed by atoms with Gasteiger partial charge in [-0.25, -0.2) is 0 Å². The molecular formula is C21H25P. The highest BCUT2D eigenvalue weighted by atomic mass is 31.0. The van der Waals surface area contributed by atoms with Crippen molar-refractivity contribution in [1.82, 2.24) is 0 Å². The van der Waals surface area contributed by atoms with Gasteiger partial charge in [0.1, 0.15) is 0 Å². The molecule has 0 nitrogen and oxygen atoms in total. The molecule has 0 aliphatic carbocycles. The molecule has 114 valence electrons. The quantitative estimate of drug-likeness (QED) is 0.482. The summed E-state index contributed by atoms with van der Waals surface area (Å²) < 4.78 is 0. The third-order valence-corrected chi connectivity index (χ3v) is 3.34. The Hall–Kier alpha value is -1.91. The Kier molecular flexibility index (Phi) is 8.88. The van der Waals surface area contributed by atoms with Crippen molar-refractivity contribution in [3.8, 4) is 0 Å². The average molecular weight is 308 g/mol. The van der Waals surface area contributed by atoms with Gasteiger partial charge in [0.25, 0.3) is 0 Å². The molecule has 0 fully saturated rings. The zero-order valence-corrected chi connectivity index (χ0v) is 14.8. The van der Waals surface area contributed by atoms with Crippen molar-refractivity contribution >= 4 is 14.5 Å². The monoisotopic (exact) mass is 308 g/mol. The van der Waals surface area contributed by atoms with Crippen LogP contribution >= 0.6 is 9.24 Å². The molecule has 0 aliphatic rings. The molecule has 22 heavy (non-hydrogen) atoms. The summed E-state index contributed by atoms with van der Waals surface area (Å²) in [5.74, 6) is 0. The van der Waals surface area contributed by atoms with Crippen molar-refractivity contribution in [2.24, 2.45) is 0 Å². The van der Waals surface area contributed by atoms with Crippen LogP contribution in [0.4, 0.5) is 0 Å². The van der Waals surface area contributed by atoms with Crippen LogP contribution < -0.4 is 5.30 Å². The SMILES string of the molecule is Cc1ccc(P)cc1.Cc1ccccc1.Cc1ccccc1. The van der Waals surface area contributed by atoms with Crippen molar-refractivity contribution in [3.05, 3.63) is 102 Å². The molecule has 0 heterocycles. The molecule has 0 amide bonds. The summed E-state index contributed by atoms with van der Waals surface area (Å²) in [5.41, 5.74) is 3.96. The second kappa shape index (κ2) is 10.8. The molecule has 0 N–H and O–H groups in total. The summed E-state index contributed by atoms with van der Waals surface area (Å²) in [6.07, 6.45) is 0. The Labute approximate surface area is 137 Å². The lowest BCUT2D eigenvalue weighted by molar-refractivity contribution is 1.48. The number of hydrogen-bond donors (Lipinski definition) is 0. The van der Waals surface area contributed by atoms with Gasteiger partial charge in [0, 0.05) is 0 Å². The Balaban J connectivity index is 0.000000166. The van der Waals surface area contributed by atoms with Crippen LogP contribution in [0, 0.1) is 20.8 Å². The van der Waals surface area contributed by atoms with Crippen molar-refractivity contribution in [1.29, 1.82) is 0 Å². The largest absolute Gasteiger partial charge is 0.106 e. The number of benzene rings is 3. The molecule has 0 aliphatic heterocycles. The minimum atomic E-state index is 1.25. The van der Waals surface area contributed by atoms with Crippen molar-refractivity contribution in [3.63, 3.8) is 0 Å². The molecule has 1 unspecified atom stereocenters. The van der Waals surface area contributed by atoms with Gasteiger partial charge in [0.2, 0.25) is 0 Å². The predicted molar refractivity (Wildman–Crippen MR) is 103 cm³/mol. The van der Waals surface area contributed by atoms with Crippen LogP contribution in [-0.2, 0) is 0 Å². The van der Waals surface area contributed by atoms with Crippen LogP contribution in [-0.4, -0.2) is 0 Å². The molecule has 3 aromatic carbocycles. The van der Waals surface area contributed by atoms with Crippen LogP contribution in [0.25, 0.3) is 0 Å². The zero-order chi connectivity index (χ0) is 16.2. The summed E-state index contributed by atoms with van der Waals surface area (Å²) in [7, 11) is 2.65. The molecule has 0 saturated carbocycles. The van der Waals surface area contributed by atoms with Crippen LogP contribution in [0.3, 0.4) is 0 Å². The van der Waals surface area contributed by atoms with Crippen molar-refractivity contribution in [2.45, 2.75) is 20.8 Å². The zero-order valence-electron chi connectivity index (χ0n) is 13.7. The third kappa shape index (κ3) is 9.10. The number of aryl methyl sites for hydroxylation is 3. The molecule has 0 saturated heterocycles. The first kappa shape index (κ1) is 18.1. The van der Waals surface area contributed by atoms with Gasteiger partial charge in [-0.1, -0.05) is 102 Å². The van der Waals surface area contributed by atoms with E-state index >= 15 is 0 Å². The highest BCUT2D eigenvalue weighted by Crippen LogP contribution is 1.95. The third-order valence-electron chi connectivity index (χ3n) is 2.96. The fourth-order valence-corrected chi connectivity index (χ4v) is 1.83. The Bertz CT molecular complexity index is 555. The fraction of sp³-hybridized carbons (Fsp3) is 0.143. The fourth-order valence-electron chi connectivity index (χ4n) is 1.64. The van der Waals surface area contributed by atoms with E-state index in [1.165, 1.54) is 22.0 Å². The highest BCUT2D eigenvalue weighted by molar-refractivity contribution is 7.27. The lowest BCUT2D eigenvalue weighted by Gasteiger charge is -1.89. The smallest absolute Gasteiger partial charge is 0.0302 e. The molecule has 1 atom stereocenters. The van der Waals surface area contributed by atoms with E-state index in [0.717, 1.165) is 0 Å². The minimum absolute atomic E-state index is 1.25. The molecule has 0 bridgehead atoms. The van der Waals surface area contributed by atoms with Gasteiger partial charge in [-0.2, -0.15) is 0 Å². The molecule has 0 aromatic heterocycles. The lowest BCUT2D eigenvalue weighted by atomic mass is 10.2. The lowest BCUT2D eigenvalue weighted by Crippen LogP contribution is -1.85. The summed E-state index contributed by atoms with van der Waals surface area (Å²) in [6.45, 7) is 6.25. The number of rotatable bonds is 0. The molecular weight excluding hydrogens is 283 g/mol. The van der Waals surface area contributed by atoms with Crippen LogP contribution in [0.15, 0.2) is 84.9 Å². The van der Waals surface area contributed by atoms with Crippen LogP contribution in [0.5, 0.6) is 0 Å². The van der Waals surface area contributed by atoms with Gasteiger partial charge >= 0.3 is 0 Å². The van der Waals surface area contributed by atoms with E-state index in [1.54, 1.807) is 0 Å².